The fraction of sp³-hybridized carbons (Fsp3) is 0.400. The van der Waals surface area contributed by atoms with Gasteiger partial charge in [0, 0.05) is 11.1 Å². The van der Waals surface area contributed by atoms with Crippen LogP contribution < -0.4 is 5.73 Å². The molecule has 1 aromatic carbocycles. The highest BCUT2D eigenvalue weighted by molar-refractivity contribution is 6.31. The molecular weight excluding hydrogens is 170 g/mol. The molecule has 0 aliphatic heterocycles. The summed E-state index contributed by atoms with van der Waals surface area (Å²) < 4.78 is 0. The van der Waals surface area contributed by atoms with E-state index in [0.29, 0.717) is 0 Å². The molecule has 66 valence electrons. The number of aryl methyl sites for hydroxylation is 2. The van der Waals surface area contributed by atoms with Crippen molar-refractivity contribution in [3.05, 3.63) is 33.8 Å². The van der Waals surface area contributed by atoms with Gasteiger partial charge in [-0.25, -0.2) is 0 Å². The van der Waals surface area contributed by atoms with Crippen molar-refractivity contribution >= 4 is 11.6 Å². The third-order valence-corrected chi connectivity index (χ3v) is 2.25. The lowest BCUT2D eigenvalue weighted by atomic mass is 10.0. The molecule has 2 N–H and O–H groups in total. The Morgan fingerprint density at radius 3 is 2.33 bits per heavy atom. The van der Waals surface area contributed by atoms with Gasteiger partial charge in [-0.05, 0) is 43.5 Å². The summed E-state index contributed by atoms with van der Waals surface area (Å²) in [7, 11) is 0. The molecule has 1 atom stereocenters. The smallest absolute Gasteiger partial charge is 0.0458 e. The normalized spacial score (nSPS) is 13.1. The third kappa shape index (κ3) is 1.79. The fourth-order valence-corrected chi connectivity index (χ4v) is 2.00. The van der Waals surface area contributed by atoms with Crippen LogP contribution in [0, 0.1) is 13.8 Å². The van der Waals surface area contributed by atoms with Gasteiger partial charge >= 0.3 is 0 Å². The number of benzene rings is 1. The lowest BCUT2D eigenvalue weighted by Crippen LogP contribution is -2.07. The van der Waals surface area contributed by atoms with E-state index >= 15 is 0 Å². The molecule has 0 saturated heterocycles. The molecule has 0 saturated carbocycles. The molecule has 0 spiro atoms. The average molecular weight is 184 g/mol. The van der Waals surface area contributed by atoms with E-state index in [2.05, 4.69) is 6.07 Å². The second kappa shape index (κ2) is 3.46. The van der Waals surface area contributed by atoms with Crippen LogP contribution >= 0.6 is 11.6 Å². The summed E-state index contributed by atoms with van der Waals surface area (Å²) in [5, 5.41) is 0.780. The number of halogens is 1. The van der Waals surface area contributed by atoms with Gasteiger partial charge in [0.05, 0.1) is 0 Å². The first-order valence-electron chi connectivity index (χ1n) is 4.04. The maximum atomic E-state index is 6.05. The van der Waals surface area contributed by atoms with Crippen LogP contribution in [0.15, 0.2) is 12.1 Å². The Morgan fingerprint density at radius 2 is 1.92 bits per heavy atom. The summed E-state index contributed by atoms with van der Waals surface area (Å²) in [6, 6.07) is 4.07. The predicted molar refractivity (Wildman–Crippen MR) is 53.5 cm³/mol. The molecule has 12 heavy (non-hydrogen) atoms. The first-order valence-corrected chi connectivity index (χ1v) is 4.42. The van der Waals surface area contributed by atoms with E-state index in [1.54, 1.807) is 0 Å². The fourth-order valence-electron chi connectivity index (χ4n) is 1.50. The summed E-state index contributed by atoms with van der Waals surface area (Å²) in [5.74, 6) is 0. The van der Waals surface area contributed by atoms with E-state index in [9.17, 15) is 0 Å². The minimum atomic E-state index is 0.0121. The molecule has 0 aromatic heterocycles. The van der Waals surface area contributed by atoms with Gasteiger partial charge in [-0.3, -0.25) is 0 Å². The Morgan fingerprint density at radius 1 is 1.33 bits per heavy atom. The Hall–Kier alpha value is -0.530. The van der Waals surface area contributed by atoms with Crippen LogP contribution in [-0.4, -0.2) is 0 Å². The molecule has 0 fully saturated rings. The van der Waals surface area contributed by atoms with Crippen LogP contribution in [-0.2, 0) is 0 Å². The van der Waals surface area contributed by atoms with Crippen LogP contribution in [0.25, 0.3) is 0 Å². The van der Waals surface area contributed by atoms with E-state index in [1.807, 2.05) is 26.8 Å². The van der Waals surface area contributed by atoms with E-state index in [4.69, 9.17) is 17.3 Å². The molecule has 1 unspecified atom stereocenters. The van der Waals surface area contributed by atoms with Crippen molar-refractivity contribution in [3.63, 3.8) is 0 Å². The van der Waals surface area contributed by atoms with Crippen molar-refractivity contribution in [3.8, 4) is 0 Å². The third-order valence-electron chi connectivity index (χ3n) is 1.94. The lowest BCUT2D eigenvalue weighted by molar-refractivity contribution is 0.809. The summed E-state index contributed by atoms with van der Waals surface area (Å²) in [6.45, 7) is 6.02. The Labute approximate surface area is 78.5 Å². The molecule has 0 heterocycles. The molecule has 1 rings (SSSR count). The second-order valence-corrected chi connectivity index (χ2v) is 3.67. The van der Waals surface area contributed by atoms with Gasteiger partial charge in [0.25, 0.3) is 0 Å². The van der Waals surface area contributed by atoms with Crippen molar-refractivity contribution in [1.82, 2.24) is 0 Å². The number of nitrogens with two attached hydrogens (primary N) is 1. The van der Waals surface area contributed by atoms with Crippen molar-refractivity contribution < 1.29 is 0 Å². The quantitative estimate of drug-likeness (QED) is 0.712. The first kappa shape index (κ1) is 9.56. The van der Waals surface area contributed by atoms with E-state index in [0.717, 1.165) is 10.6 Å². The van der Waals surface area contributed by atoms with Gasteiger partial charge < -0.3 is 5.73 Å². The molecule has 0 aliphatic rings. The molecular formula is C10H14ClN. The van der Waals surface area contributed by atoms with Crippen LogP contribution in [0.1, 0.15) is 29.7 Å². The molecule has 0 bridgehead atoms. The van der Waals surface area contributed by atoms with Gasteiger partial charge in [0.15, 0.2) is 0 Å². The molecule has 0 aliphatic carbocycles. The lowest BCUT2D eigenvalue weighted by Gasteiger charge is -2.12. The van der Waals surface area contributed by atoms with Crippen LogP contribution in [0.5, 0.6) is 0 Å². The Bertz CT molecular complexity index is 269. The zero-order valence-electron chi connectivity index (χ0n) is 7.69. The van der Waals surface area contributed by atoms with Crippen LogP contribution in [0.3, 0.4) is 0 Å². The summed E-state index contributed by atoms with van der Waals surface area (Å²) in [6.07, 6.45) is 0. The second-order valence-electron chi connectivity index (χ2n) is 3.27. The molecule has 2 heteroatoms. The summed E-state index contributed by atoms with van der Waals surface area (Å²) >= 11 is 6.05. The number of hydrogen-bond donors (Lipinski definition) is 1. The van der Waals surface area contributed by atoms with Crippen molar-refractivity contribution in [2.75, 3.05) is 0 Å². The standard InChI is InChI=1S/C10H14ClN/c1-6-4-7(2)10(8(3)12)9(11)5-6/h4-5,8H,12H2,1-3H3. The van der Waals surface area contributed by atoms with Crippen molar-refractivity contribution in [2.24, 2.45) is 5.73 Å². The number of rotatable bonds is 1. The van der Waals surface area contributed by atoms with E-state index < -0.39 is 0 Å². The van der Waals surface area contributed by atoms with Gasteiger partial charge in [-0.2, -0.15) is 0 Å². The minimum Gasteiger partial charge on any atom is -0.324 e. The predicted octanol–water partition coefficient (Wildman–Crippen LogP) is 2.98. The van der Waals surface area contributed by atoms with Crippen LogP contribution in [0.4, 0.5) is 0 Å². The monoisotopic (exact) mass is 183 g/mol. The van der Waals surface area contributed by atoms with E-state index in [1.165, 1.54) is 11.1 Å². The zero-order valence-corrected chi connectivity index (χ0v) is 8.44. The van der Waals surface area contributed by atoms with Gasteiger partial charge in [-0.15, -0.1) is 0 Å². The minimum absolute atomic E-state index is 0.0121. The largest absolute Gasteiger partial charge is 0.324 e. The summed E-state index contributed by atoms with van der Waals surface area (Å²) in [5.41, 5.74) is 9.20. The van der Waals surface area contributed by atoms with Crippen molar-refractivity contribution in [1.29, 1.82) is 0 Å². The highest BCUT2D eigenvalue weighted by Crippen LogP contribution is 2.26. The Kier molecular flexibility index (Phi) is 2.76. The highest BCUT2D eigenvalue weighted by atomic mass is 35.5. The SMILES string of the molecule is Cc1cc(C)c(C(C)N)c(Cl)c1. The van der Waals surface area contributed by atoms with Gasteiger partial charge in [0.1, 0.15) is 0 Å². The highest BCUT2D eigenvalue weighted by Gasteiger charge is 2.08. The molecule has 0 amide bonds. The van der Waals surface area contributed by atoms with E-state index in [-0.39, 0.29) is 6.04 Å². The molecule has 0 radical (unpaired) electrons. The average Bonchev–Trinajstić information content (AvgIpc) is 1.82. The maximum Gasteiger partial charge on any atom is 0.0458 e. The number of hydrogen-bond acceptors (Lipinski definition) is 1. The van der Waals surface area contributed by atoms with Crippen LogP contribution in [0.2, 0.25) is 5.02 Å². The topological polar surface area (TPSA) is 26.0 Å². The Balaban J connectivity index is 3.28. The van der Waals surface area contributed by atoms with Gasteiger partial charge in [0.2, 0.25) is 0 Å². The molecule has 1 aromatic rings. The molecule has 1 nitrogen and oxygen atoms in total. The zero-order chi connectivity index (χ0) is 9.30. The first-order chi connectivity index (χ1) is 5.52. The van der Waals surface area contributed by atoms with Gasteiger partial charge in [-0.1, -0.05) is 17.7 Å². The van der Waals surface area contributed by atoms with Crippen molar-refractivity contribution in [2.45, 2.75) is 26.8 Å². The summed E-state index contributed by atoms with van der Waals surface area (Å²) in [4.78, 5) is 0. The maximum absolute atomic E-state index is 6.05.